The van der Waals surface area contributed by atoms with E-state index in [1.54, 1.807) is 0 Å². The molecule has 2 N–H and O–H groups in total. The van der Waals surface area contributed by atoms with Crippen molar-refractivity contribution in [2.24, 2.45) is 0 Å². The Hall–Kier alpha value is -0.390. The number of nitrogens with one attached hydrogen (secondary N) is 1. The van der Waals surface area contributed by atoms with E-state index in [0.717, 1.165) is 13.1 Å². The van der Waals surface area contributed by atoms with Crippen LogP contribution in [0.3, 0.4) is 0 Å². The summed E-state index contributed by atoms with van der Waals surface area (Å²) in [6.45, 7) is 4.90. The number of rotatable bonds is 2. The van der Waals surface area contributed by atoms with Gasteiger partial charge in [0.2, 0.25) is 0 Å². The van der Waals surface area contributed by atoms with Crippen LogP contribution in [0.25, 0.3) is 0 Å². The highest BCUT2D eigenvalue weighted by atomic mass is 32.1. The monoisotopic (exact) mass is 204 g/mol. The molecule has 0 saturated carbocycles. The third-order valence-electron chi connectivity index (χ3n) is 2.03. The normalized spacial score (nSPS) is 22.9. The lowest BCUT2D eigenvalue weighted by Crippen LogP contribution is -2.53. The second kappa shape index (κ2) is 5.36. The van der Waals surface area contributed by atoms with Crippen LogP contribution in [0.2, 0.25) is 0 Å². The molecule has 13 heavy (non-hydrogen) atoms. The van der Waals surface area contributed by atoms with Crippen molar-refractivity contribution in [3.05, 3.63) is 0 Å². The maximum atomic E-state index is 9.07. The third kappa shape index (κ3) is 2.79. The van der Waals surface area contributed by atoms with Crippen LogP contribution in [0.15, 0.2) is 0 Å². The van der Waals surface area contributed by atoms with Crippen molar-refractivity contribution < 1.29 is 9.84 Å². The van der Waals surface area contributed by atoms with Crippen LogP contribution in [-0.2, 0) is 4.74 Å². The van der Waals surface area contributed by atoms with Crippen LogP contribution in [0.5, 0.6) is 0 Å². The van der Waals surface area contributed by atoms with E-state index in [1.807, 2.05) is 11.8 Å². The first-order valence-corrected chi connectivity index (χ1v) is 4.93. The standard InChI is InChI=1S/C8H16N2O2S/c1-2-9-8(13)10-3-4-12-6-7(10)5-11/h7,11H,2-6H2,1H3,(H,9,13). The van der Waals surface area contributed by atoms with Crippen molar-refractivity contribution in [3.8, 4) is 0 Å². The number of hydrogen-bond donors (Lipinski definition) is 2. The molecule has 5 heteroatoms. The van der Waals surface area contributed by atoms with Gasteiger partial charge in [-0.1, -0.05) is 0 Å². The summed E-state index contributed by atoms with van der Waals surface area (Å²) in [5, 5.41) is 12.9. The van der Waals surface area contributed by atoms with Gasteiger partial charge in [0.05, 0.1) is 25.9 Å². The van der Waals surface area contributed by atoms with Gasteiger partial charge < -0.3 is 20.1 Å². The minimum Gasteiger partial charge on any atom is -0.394 e. The molecule has 4 nitrogen and oxygen atoms in total. The van der Waals surface area contributed by atoms with Crippen LogP contribution in [0.4, 0.5) is 0 Å². The molecule has 76 valence electrons. The lowest BCUT2D eigenvalue weighted by Gasteiger charge is -2.36. The average molecular weight is 204 g/mol. The van der Waals surface area contributed by atoms with Crippen LogP contribution in [0, 0.1) is 0 Å². The van der Waals surface area contributed by atoms with Crippen molar-refractivity contribution in [2.45, 2.75) is 13.0 Å². The third-order valence-corrected chi connectivity index (χ3v) is 2.41. The van der Waals surface area contributed by atoms with Crippen LogP contribution in [-0.4, -0.2) is 54.1 Å². The first kappa shape index (κ1) is 10.7. The van der Waals surface area contributed by atoms with E-state index < -0.39 is 0 Å². The number of thiocarbonyl (C=S) groups is 1. The summed E-state index contributed by atoms with van der Waals surface area (Å²) < 4.78 is 5.24. The molecule has 1 saturated heterocycles. The molecule has 0 spiro atoms. The lowest BCUT2D eigenvalue weighted by molar-refractivity contribution is 0.00451. The first-order chi connectivity index (χ1) is 6.29. The summed E-state index contributed by atoms with van der Waals surface area (Å²) in [6, 6.07) is 0.0142. The predicted octanol–water partition coefficient (Wildman–Crippen LogP) is -0.426. The zero-order valence-electron chi connectivity index (χ0n) is 7.82. The van der Waals surface area contributed by atoms with Crippen LogP contribution >= 0.6 is 12.2 Å². The Morgan fingerprint density at radius 1 is 1.77 bits per heavy atom. The Morgan fingerprint density at radius 2 is 2.54 bits per heavy atom. The SMILES string of the molecule is CCNC(=S)N1CCOCC1CO. The van der Waals surface area contributed by atoms with Crippen molar-refractivity contribution in [2.75, 3.05) is 32.9 Å². The van der Waals surface area contributed by atoms with E-state index in [9.17, 15) is 0 Å². The highest BCUT2D eigenvalue weighted by molar-refractivity contribution is 7.80. The van der Waals surface area contributed by atoms with Crippen LogP contribution in [0.1, 0.15) is 6.92 Å². The molecular weight excluding hydrogens is 188 g/mol. The number of hydrogen-bond acceptors (Lipinski definition) is 3. The largest absolute Gasteiger partial charge is 0.394 e. The molecule has 0 bridgehead atoms. The predicted molar refractivity (Wildman–Crippen MR) is 54.7 cm³/mol. The molecule has 1 atom stereocenters. The summed E-state index contributed by atoms with van der Waals surface area (Å²) >= 11 is 5.16. The van der Waals surface area contributed by atoms with E-state index in [4.69, 9.17) is 22.1 Å². The summed E-state index contributed by atoms with van der Waals surface area (Å²) in [5.41, 5.74) is 0. The molecule has 0 aromatic rings. The van der Waals surface area contributed by atoms with Gasteiger partial charge in [-0.15, -0.1) is 0 Å². The maximum absolute atomic E-state index is 9.07. The number of aliphatic hydroxyl groups excluding tert-OH is 1. The Morgan fingerprint density at radius 3 is 3.15 bits per heavy atom. The Bertz CT molecular complexity index is 178. The van der Waals surface area contributed by atoms with Gasteiger partial charge in [0.1, 0.15) is 0 Å². The second-order valence-electron chi connectivity index (χ2n) is 2.94. The average Bonchev–Trinajstić information content (AvgIpc) is 2.18. The number of ether oxygens (including phenoxy) is 1. The minimum atomic E-state index is 0.0142. The number of aliphatic hydroxyl groups is 1. The molecule has 0 aromatic heterocycles. The van der Waals surface area contributed by atoms with Gasteiger partial charge in [-0.05, 0) is 19.1 Å². The van der Waals surface area contributed by atoms with Gasteiger partial charge in [-0.3, -0.25) is 0 Å². The summed E-state index contributed by atoms with van der Waals surface area (Å²) in [5.74, 6) is 0. The molecule has 1 unspecified atom stereocenters. The number of nitrogens with zero attached hydrogens (tertiary/aromatic N) is 1. The van der Waals surface area contributed by atoms with Gasteiger partial charge >= 0.3 is 0 Å². The lowest BCUT2D eigenvalue weighted by atomic mass is 10.2. The van der Waals surface area contributed by atoms with Gasteiger partial charge in [-0.2, -0.15) is 0 Å². The van der Waals surface area contributed by atoms with Crippen molar-refractivity contribution in [1.82, 2.24) is 10.2 Å². The number of morpholine rings is 1. The second-order valence-corrected chi connectivity index (χ2v) is 3.33. The molecule has 0 aliphatic carbocycles. The fourth-order valence-corrected chi connectivity index (χ4v) is 1.71. The smallest absolute Gasteiger partial charge is 0.169 e. The fraction of sp³-hybridized carbons (Fsp3) is 0.875. The maximum Gasteiger partial charge on any atom is 0.169 e. The molecule has 0 amide bonds. The van der Waals surface area contributed by atoms with Crippen molar-refractivity contribution >= 4 is 17.3 Å². The van der Waals surface area contributed by atoms with E-state index >= 15 is 0 Å². The van der Waals surface area contributed by atoms with Crippen LogP contribution < -0.4 is 5.32 Å². The molecule has 1 aliphatic rings. The van der Waals surface area contributed by atoms with E-state index in [0.29, 0.717) is 18.3 Å². The molecule has 1 fully saturated rings. The molecule has 1 heterocycles. The van der Waals surface area contributed by atoms with Crippen molar-refractivity contribution in [3.63, 3.8) is 0 Å². The van der Waals surface area contributed by atoms with E-state index in [1.165, 1.54) is 0 Å². The Labute approximate surface area is 83.9 Å². The Balaban J connectivity index is 2.48. The van der Waals surface area contributed by atoms with Gasteiger partial charge in [0.15, 0.2) is 5.11 Å². The van der Waals surface area contributed by atoms with Gasteiger partial charge in [0.25, 0.3) is 0 Å². The summed E-state index contributed by atoms with van der Waals surface area (Å²) in [4.78, 5) is 1.99. The fourth-order valence-electron chi connectivity index (χ4n) is 1.33. The molecule has 0 aromatic carbocycles. The van der Waals surface area contributed by atoms with Crippen molar-refractivity contribution in [1.29, 1.82) is 0 Å². The molecule has 0 radical (unpaired) electrons. The quantitative estimate of drug-likeness (QED) is 0.598. The highest BCUT2D eigenvalue weighted by Crippen LogP contribution is 2.06. The molecular formula is C8H16N2O2S. The van der Waals surface area contributed by atoms with E-state index in [-0.39, 0.29) is 12.6 Å². The van der Waals surface area contributed by atoms with E-state index in [2.05, 4.69) is 5.32 Å². The zero-order valence-corrected chi connectivity index (χ0v) is 8.64. The topological polar surface area (TPSA) is 44.7 Å². The van der Waals surface area contributed by atoms with Gasteiger partial charge in [0, 0.05) is 13.1 Å². The highest BCUT2D eigenvalue weighted by Gasteiger charge is 2.23. The zero-order chi connectivity index (χ0) is 9.68. The molecule has 1 rings (SSSR count). The minimum absolute atomic E-state index is 0.0142. The Kier molecular flexibility index (Phi) is 4.41. The first-order valence-electron chi connectivity index (χ1n) is 4.52. The molecule has 1 aliphatic heterocycles. The summed E-state index contributed by atoms with van der Waals surface area (Å²) in [7, 11) is 0. The summed E-state index contributed by atoms with van der Waals surface area (Å²) in [6.07, 6.45) is 0. The van der Waals surface area contributed by atoms with Gasteiger partial charge in [-0.25, -0.2) is 0 Å².